The van der Waals surface area contributed by atoms with Gasteiger partial charge in [0.05, 0.1) is 41.8 Å². The van der Waals surface area contributed by atoms with Gasteiger partial charge in [-0.2, -0.15) is 5.10 Å². The first kappa shape index (κ1) is 18.6. The lowest BCUT2D eigenvalue weighted by Crippen LogP contribution is -2.26. The monoisotopic (exact) mass is 422 g/mol. The summed E-state index contributed by atoms with van der Waals surface area (Å²) in [6.45, 7) is 5.21. The molecular formula is C25H22N6O. The normalized spacial score (nSPS) is 13.1. The first-order chi connectivity index (χ1) is 15.6. The zero-order valence-corrected chi connectivity index (χ0v) is 17.9. The first-order valence-electron chi connectivity index (χ1n) is 10.6. The number of carbonyl (C=O) groups excluding carboxylic acids is 1. The summed E-state index contributed by atoms with van der Waals surface area (Å²) >= 11 is 0. The first-order valence-corrected chi connectivity index (χ1v) is 10.6. The number of aryl methyl sites for hydroxylation is 2. The fourth-order valence-electron chi connectivity index (χ4n) is 4.55. The van der Waals surface area contributed by atoms with Crippen LogP contribution in [-0.2, 0) is 13.1 Å². The minimum Gasteiger partial charge on any atom is -0.345 e. The van der Waals surface area contributed by atoms with Gasteiger partial charge in [0.15, 0.2) is 0 Å². The Morgan fingerprint density at radius 1 is 1.03 bits per heavy atom. The highest BCUT2D eigenvalue weighted by atomic mass is 16.2. The summed E-state index contributed by atoms with van der Waals surface area (Å²) in [4.78, 5) is 22.4. The molecule has 1 amide bonds. The molecule has 1 aliphatic heterocycles. The summed E-state index contributed by atoms with van der Waals surface area (Å²) in [7, 11) is 0. The van der Waals surface area contributed by atoms with Gasteiger partial charge >= 0.3 is 0 Å². The van der Waals surface area contributed by atoms with Crippen molar-refractivity contribution in [2.45, 2.75) is 26.9 Å². The van der Waals surface area contributed by atoms with Crippen LogP contribution in [0.3, 0.4) is 0 Å². The number of aromatic amines is 1. The van der Waals surface area contributed by atoms with E-state index >= 15 is 0 Å². The van der Waals surface area contributed by atoms with E-state index in [0.29, 0.717) is 18.7 Å². The summed E-state index contributed by atoms with van der Waals surface area (Å²) in [5.74, 6) is 0.979. The fourth-order valence-corrected chi connectivity index (χ4v) is 4.55. The Balaban J connectivity index is 1.40. The van der Waals surface area contributed by atoms with E-state index in [0.717, 1.165) is 33.8 Å². The Hall–Kier alpha value is -4.13. The number of nitrogens with zero attached hydrogens (tertiary/aromatic N) is 5. The van der Waals surface area contributed by atoms with Gasteiger partial charge in [0, 0.05) is 23.5 Å². The quantitative estimate of drug-likeness (QED) is 0.471. The molecule has 7 heteroatoms. The molecule has 7 nitrogen and oxygen atoms in total. The van der Waals surface area contributed by atoms with Crippen molar-refractivity contribution >= 4 is 16.9 Å². The van der Waals surface area contributed by atoms with Gasteiger partial charge in [0.25, 0.3) is 5.91 Å². The number of rotatable bonds is 3. The van der Waals surface area contributed by atoms with E-state index in [1.54, 1.807) is 6.33 Å². The molecule has 0 unspecified atom stereocenters. The number of amides is 1. The molecule has 32 heavy (non-hydrogen) atoms. The van der Waals surface area contributed by atoms with E-state index in [-0.39, 0.29) is 5.91 Å². The molecule has 1 N–H and O–H groups in total. The molecule has 0 bridgehead atoms. The molecule has 0 atom stereocenters. The molecule has 158 valence electrons. The molecular weight excluding hydrogens is 400 g/mol. The third-order valence-corrected chi connectivity index (χ3v) is 6.11. The van der Waals surface area contributed by atoms with Crippen molar-refractivity contribution in [3.05, 3.63) is 95.2 Å². The molecule has 0 radical (unpaired) electrons. The van der Waals surface area contributed by atoms with Crippen molar-refractivity contribution in [2.24, 2.45) is 0 Å². The van der Waals surface area contributed by atoms with Crippen molar-refractivity contribution in [1.82, 2.24) is 29.2 Å². The van der Waals surface area contributed by atoms with Gasteiger partial charge in [-0.1, -0.05) is 17.7 Å². The molecule has 0 aliphatic carbocycles. The second-order valence-corrected chi connectivity index (χ2v) is 8.34. The molecule has 1 aliphatic rings. The van der Waals surface area contributed by atoms with Crippen LogP contribution < -0.4 is 0 Å². The number of fused-ring (bicyclic) bond motifs is 2. The summed E-state index contributed by atoms with van der Waals surface area (Å²) in [6, 6.07) is 16.0. The predicted octanol–water partition coefficient (Wildman–Crippen LogP) is 4.31. The molecule has 0 spiro atoms. The predicted molar refractivity (Wildman–Crippen MR) is 122 cm³/mol. The Bertz CT molecular complexity index is 1470. The van der Waals surface area contributed by atoms with E-state index in [4.69, 9.17) is 5.10 Å². The van der Waals surface area contributed by atoms with Crippen molar-refractivity contribution in [2.75, 3.05) is 0 Å². The van der Waals surface area contributed by atoms with Crippen LogP contribution >= 0.6 is 0 Å². The number of carbonyl (C=O) groups is 1. The summed E-state index contributed by atoms with van der Waals surface area (Å²) in [6.07, 6.45) is 5.69. The second-order valence-electron chi connectivity index (χ2n) is 8.34. The molecule has 5 aromatic rings. The lowest BCUT2D eigenvalue weighted by Gasteiger charge is -2.18. The smallest absolute Gasteiger partial charge is 0.254 e. The van der Waals surface area contributed by atoms with Crippen LogP contribution in [-0.4, -0.2) is 35.1 Å². The number of hydrogen-bond acceptors (Lipinski definition) is 3. The van der Waals surface area contributed by atoms with Crippen LogP contribution in [0.25, 0.3) is 22.5 Å². The fraction of sp³-hybridized carbons (Fsp3) is 0.160. The molecule has 2 aromatic carbocycles. The second kappa shape index (κ2) is 6.95. The SMILES string of the molecule is Cc1ccc(-n2nc3c(c2-n2cccc2)CN(C(=O)c2ccc4nc[nH]c4c2)C3)c(C)c1. The standard InChI is InChI=1S/C25H22N6O/c1-16-5-8-23(17(2)11-16)31-24(29-9-3-4-10-29)19-13-30(14-22(19)28-31)25(32)18-6-7-20-21(12-18)27-15-26-20/h3-12,15H,13-14H2,1-2H3,(H,26,27). The Kier molecular flexibility index (Phi) is 4.04. The zero-order valence-electron chi connectivity index (χ0n) is 17.9. The maximum Gasteiger partial charge on any atom is 0.254 e. The number of benzene rings is 2. The Morgan fingerprint density at radius 2 is 1.88 bits per heavy atom. The molecule has 0 fully saturated rings. The van der Waals surface area contributed by atoms with Crippen LogP contribution in [0.15, 0.2) is 67.3 Å². The molecule has 3 aromatic heterocycles. The maximum absolute atomic E-state index is 13.3. The van der Waals surface area contributed by atoms with E-state index in [1.165, 1.54) is 11.1 Å². The molecule has 6 rings (SSSR count). The molecule has 4 heterocycles. The summed E-state index contributed by atoms with van der Waals surface area (Å²) in [5.41, 5.74) is 7.82. The van der Waals surface area contributed by atoms with Crippen molar-refractivity contribution in [1.29, 1.82) is 0 Å². The van der Waals surface area contributed by atoms with Crippen LogP contribution in [0.5, 0.6) is 0 Å². The minimum absolute atomic E-state index is 0.00368. The third kappa shape index (κ3) is 2.85. The average molecular weight is 422 g/mol. The lowest BCUT2D eigenvalue weighted by molar-refractivity contribution is 0.0749. The van der Waals surface area contributed by atoms with E-state index in [9.17, 15) is 4.79 Å². The third-order valence-electron chi connectivity index (χ3n) is 6.11. The molecule has 0 saturated carbocycles. The lowest BCUT2D eigenvalue weighted by atomic mass is 10.1. The number of hydrogen-bond donors (Lipinski definition) is 1. The van der Waals surface area contributed by atoms with Gasteiger partial charge in [-0.05, 0) is 55.8 Å². The minimum atomic E-state index is -0.00368. The maximum atomic E-state index is 13.3. The Labute approximate surface area is 184 Å². The van der Waals surface area contributed by atoms with Crippen molar-refractivity contribution in [3.63, 3.8) is 0 Å². The highest BCUT2D eigenvalue weighted by Crippen LogP contribution is 2.32. The summed E-state index contributed by atoms with van der Waals surface area (Å²) in [5, 5.41) is 4.96. The van der Waals surface area contributed by atoms with E-state index in [2.05, 4.69) is 46.6 Å². The largest absolute Gasteiger partial charge is 0.345 e. The topological polar surface area (TPSA) is 71.7 Å². The van der Waals surface area contributed by atoms with Crippen molar-refractivity contribution in [3.8, 4) is 11.5 Å². The van der Waals surface area contributed by atoms with Gasteiger partial charge in [-0.25, -0.2) is 9.67 Å². The Morgan fingerprint density at radius 3 is 2.69 bits per heavy atom. The van der Waals surface area contributed by atoms with Gasteiger partial charge < -0.3 is 14.5 Å². The van der Waals surface area contributed by atoms with Gasteiger partial charge in [-0.3, -0.25) is 4.79 Å². The average Bonchev–Trinajstić information content (AvgIpc) is 3.55. The molecule has 0 saturated heterocycles. The highest BCUT2D eigenvalue weighted by Gasteiger charge is 2.32. The van der Waals surface area contributed by atoms with E-state index < -0.39 is 0 Å². The van der Waals surface area contributed by atoms with Crippen LogP contribution in [0.2, 0.25) is 0 Å². The van der Waals surface area contributed by atoms with Gasteiger partial charge in [0.1, 0.15) is 5.82 Å². The number of aromatic nitrogens is 5. The van der Waals surface area contributed by atoms with Crippen LogP contribution in [0.1, 0.15) is 32.7 Å². The number of H-pyrrole nitrogens is 1. The number of imidazole rings is 1. The summed E-state index contributed by atoms with van der Waals surface area (Å²) < 4.78 is 4.09. The van der Waals surface area contributed by atoms with E-state index in [1.807, 2.05) is 52.3 Å². The zero-order chi connectivity index (χ0) is 21.8. The number of nitrogens with one attached hydrogen (secondary N) is 1. The van der Waals surface area contributed by atoms with Gasteiger partial charge in [0.2, 0.25) is 0 Å². The van der Waals surface area contributed by atoms with Gasteiger partial charge in [-0.15, -0.1) is 0 Å². The van der Waals surface area contributed by atoms with Crippen molar-refractivity contribution < 1.29 is 4.79 Å². The van der Waals surface area contributed by atoms with Crippen LogP contribution in [0.4, 0.5) is 0 Å². The van der Waals surface area contributed by atoms with Crippen LogP contribution in [0, 0.1) is 13.8 Å². The highest BCUT2D eigenvalue weighted by molar-refractivity contribution is 5.97.